The second-order valence-corrected chi connectivity index (χ2v) is 3.47. The molecule has 0 fully saturated rings. The molecule has 0 saturated carbocycles. The van der Waals surface area contributed by atoms with Crippen molar-refractivity contribution in [3.8, 4) is 0 Å². The highest BCUT2D eigenvalue weighted by Crippen LogP contribution is 2.23. The molecule has 0 aliphatic carbocycles. The van der Waals surface area contributed by atoms with E-state index in [4.69, 9.17) is 5.73 Å². The van der Waals surface area contributed by atoms with E-state index in [1.54, 1.807) is 0 Å². The van der Waals surface area contributed by atoms with Crippen LogP contribution in [-0.2, 0) is 11.2 Å². The van der Waals surface area contributed by atoms with Crippen molar-refractivity contribution in [2.75, 3.05) is 0 Å². The largest absolute Gasteiger partial charge is 0.321 e. The fraction of sp³-hybridized carbons (Fsp3) is 0.300. The van der Waals surface area contributed by atoms with Gasteiger partial charge in [-0.1, -0.05) is 0 Å². The molecule has 0 spiro atoms. The number of nitrogens with two attached hydrogens (primary N) is 1. The zero-order valence-corrected chi connectivity index (χ0v) is 8.66. The fourth-order valence-electron chi connectivity index (χ4n) is 1.19. The second kappa shape index (κ2) is 4.79. The maximum atomic E-state index is 13.1. The first-order valence-corrected chi connectivity index (χ1v) is 4.53. The molecule has 1 atom stereocenters. The molecule has 1 rings (SSSR count). The lowest BCUT2D eigenvalue weighted by Crippen LogP contribution is -2.31. The summed E-state index contributed by atoms with van der Waals surface area (Å²) in [6, 6.07) is -1.32. The lowest BCUT2D eigenvalue weighted by Gasteiger charge is -2.11. The van der Waals surface area contributed by atoms with Crippen molar-refractivity contribution in [3.63, 3.8) is 0 Å². The molecule has 7 heteroatoms. The second-order valence-electron chi connectivity index (χ2n) is 3.47. The van der Waals surface area contributed by atoms with Crippen molar-refractivity contribution in [2.45, 2.75) is 19.4 Å². The number of hydrogen-bond donors (Lipinski definition) is 1. The van der Waals surface area contributed by atoms with Gasteiger partial charge in [0, 0.05) is 12.0 Å². The van der Waals surface area contributed by atoms with Gasteiger partial charge in [-0.15, -0.1) is 0 Å². The minimum Gasteiger partial charge on any atom is -0.321 e. The fourth-order valence-corrected chi connectivity index (χ4v) is 1.19. The maximum absolute atomic E-state index is 13.1. The van der Waals surface area contributed by atoms with Crippen LogP contribution < -0.4 is 5.73 Å². The summed E-state index contributed by atoms with van der Waals surface area (Å²) < 4.78 is 64.5. The summed E-state index contributed by atoms with van der Waals surface area (Å²) in [5.41, 5.74) is 4.12. The van der Waals surface area contributed by atoms with Gasteiger partial charge < -0.3 is 5.73 Å². The SMILES string of the molecule is CC(=O)[C@@H](N)Cc1c(F)c(F)c(F)c(F)c1F. The van der Waals surface area contributed by atoms with Gasteiger partial charge in [0.05, 0.1) is 6.04 Å². The van der Waals surface area contributed by atoms with Crippen LogP contribution in [-0.4, -0.2) is 11.8 Å². The van der Waals surface area contributed by atoms with Crippen molar-refractivity contribution in [1.29, 1.82) is 0 Å². The van der Waals surface area contributed by atoms with Gasteiger partial charge in [-0.3, -0.25) is 4.79 Å². The lowest BCUT2D eigenvalue weighted by molar-refractivity contribution is -0.118. The number of Topliss-reactive ketones (excluding diaryl/α,β-unsaturated/α-hetero) is 1. The molecule has 0 unspecified atom stereocenters. The molecule has 0 aliphatic heterocycles. The number of carbonyl (C=O) groups excluding carboxylic acids is 1. The Morgan fingerprint density at radius 3 is 1.71 bits per heavy atom. The van der Waals surface area contributed by atoms with Gasteiger partial charge in [-0.25, -0.2) is 22.0 Å². The predicted molar refractivity (Wildman–Crippen MR) is 48.6 cm³/mol. The standard InChI is InChI=1S/C10H8F5NO/c1-3(17)5(16)2-4-6(11)8(13)10(15)9(14)7(4)12/h5H,2,16H2,1H3/t5-/m0/s1. The van der Waals surface area contributed by atoms with Crippen LogP contribution in [0.4, 0.5) is 22.0 Å². The van der Waals surface area contributed by atoms with E-state index in [2.05, 4.69) is 0 Å². The molecular weight excluding hydrogens is 245 g/mol. The summed E-state index contributed by atoms with van der Waals surface area (Å²) >= 11 is 0. The summed E-state index contributed by atoms with van der Waals surface area (Å²) in [4.78, 5) is 10.8. The van der Waals surface area contributed by atoms with E-state index in [-0.39, 0.29) is 0 Å². The third kappa shape index (κ3) is 2.44. The third-order valence-corrected chi connectivity index (χ3v) is 2.25. The molecule has 1 aromatic rings. The number of benzene rings is 1. The number of rotatable bonds is 3. The van der Waals surface area contributed by atoms with Crippen LogP contribution in [0, 0.1) is 29.1 Å². The molecular formula is C10H8F5NO. The Kier molecular flexibility index (Phi) is 3.82. The van der Waals surface area contributed by atoms with Crippen LogP contribution in [0.5, 0.6) is 0 Å². The average molecular weight is 253 g/mol. The molecule has 0 saturated heterocycles. The summed E-state index contributed by atoms with van der Waals surface area (Å²) in [5, 5.41) is 0. The molecule has 0 heterocycles. The molecule has 2 nitrogen and oxygen atoms in total. The third-order valence-electron chi connectivity index (χ3n) is 2.25. The number of ketones is 1. The van der Waals surface area contributed by atoms with E-state index in [0.29, 0.717) is 0 Å². The zero-order chi connectivity index (χ0) is 13.3. The highest BCUT2D eigenvalue weighted by atomic mass is 19.2. The van der Waals surface area contributed by atoms with Gasteiger partial charge in [0.2, 0.25) is 5.82 Å². The average Bonchev–Trinajstić information content (AvgIpc) is 2.29. The van der Waals surface area contributed by atoms with Crippen molar-refractivity contribution in [3.05, 3.63) is 34.6 Å². The monoisotopic (exact) mass is 253 g/mol. The molecule has 0 aromatic heterocycles. The molecule has 0 aliphatic rings. The van der Waals surface area contributed by atoms with E-state index >= 15 is 0 Å². The highest BCUT2D eigenvalue weighted by molar-refractivity contribution is 5.81. The summed E-state index contributed by atoms with van der Waals surface area (Å²) in [6.45, 7) is 1.05. The molecule has 2 N–H and O–H groups in total. The van der Waals surface area contributed by atoms with E-state index in [9.17, 15) is 26.7 Å². The zero-order valence-electron chi connectivity index (χ0n) is 8.66. The van der Waals surface area contributed by atoms with Crippen LogP contribution in [0.1, 0.15) is 12.5 Å². The van der Waals surface area contributed by atoms with E-state index in [1.165, 1.54) is 0 Å². The topological polar surface area (TPSA) is 43.1 Å². The first-order valence-electron chi connectivity index (χ1n) is 4.53. The molecule has 17 heavy (non-hydrogen) atoms. The first-order chi connectivity index (χ1) is 7.77. The minimum absolute atomic E-state index is 0.617. The molecule has 0 amide bonds. The van der Waals surface area contributed by atoms with E-state index < -0.39 is 52.9 Å². The van der Waals surface area contributed by atoms with Gasteiger partial charge in [-0.05, 0) is 6.92 Å². The quantitative estimate of drug-likeness (QED) is 0.507. The molecule has 0 radical (unpaired) electrons. The van der Waals surface area contributed by atoms with Gasteiger partial charge in [0.1, 0.15) is 5.78 Å². The van der Waals surface area contributed by atoms with Gasteiger partial charge in [0.25, 0.3) is 0 Å². The van der Waals surface area contributed by atoms with Gasteiger partial charge >= 0.3 is 0 Å². The Labute approximate surface area is 93.2 Å². The Balaban J connectivity index is 3.30. The lowest BCUT2D eigenvalue weighted by atomic mass is 10.0. The Morgan fingerprint density at radius 1 is 1.00 bits per heavy atom. The van der Waals surface area contributed by atoms with Gasteiger partial charge in [-0.2, -0.15) is 0 Å². The van der Waals surface area contributed by atoms with Crippen LogP contribution >= 0.6 is 0 Å². The van der Waals surface area contributed by atoms with Crippen LogP contribution in [0.15, 0.2) is 0 Å². The number of hydrogen-bond acceptors (Lipinski definition) is 2. The van der Waals surface area contributed by atoms with Crippen LogP contribution in [0.25, 0.3) is 0 Å². The Hall–Kier alpha value is -1.50. The van der Waals surface area contributed by atoms with Crippen LogP contribution in [0.2, 0.25) is 0 Å². The number of carbonyl (C=O) groups is 1. The number of halogens is 5. The van der Waals surface area contributed by atoms with E-state index in [1.807, 2.05) is 0 Å². The van der Waals surface area contributed by atoms with Crippen molar-refractivity contribution in [1.82, 2.24) is 0 Å². The van der Waals surface area contributed by atoms with Crippen molar-refractivity contribution < 1.29 is 26.7 Å². The summed E-state index contributed by atoms with van der Waals surface area (Å²) in [6.07, 6.45) is -0.749. The maximum Gasteiger partial charge on any atom is 0.200 e. The molecule has 0 bridgehead atoms. The minimum atomic E-state index is -2.24. The first kappa shape index (κ1) is 13.6. The Bertz CT molecular complexity index is 445. The van der Waals surface area contributed by atoms with Crippen LogP contribution in [0.3, 0.4) is 0 Å². The van der Waals surface area contributed by atoms with Crippen molar-refractivity contribution in [2.24, 2.45) is 5.73 Å². The predicted octanol–water partition coefficient (Wildman–Crippen LogP) is 1.84. The summed E-state index contributed by atoms with van der Waals surface area (Å²) in [7, 11) is 0. The normalized spacial score (nSPS) is 12.6. The van der Waals surface area contributed by atoms with Crippen molar-refractivity contribution >= 4 is 5.78 Å². The smallest absolute Gasteiger partial charge is 0.200 e. The molecule has 1 aromatic carbocycles. The molecule has 94 valence electrons. The summed E-state index contributed by atoms with van der Waals surface area (Å²) in [5.74, 6) is -10.9. The Morgan fingerprint density at radius 2 is 1.35 bits per heavy atom. The van der Waals surface area contributed by atoms with E-state index in [0.717, 1.165) is 6.92 Å². The van der Waals surface area contributed by atoms with Gasteiger partial charge in [0.15, 0.2) is 23.3 Å². The highest BCUT2D eigenvalue weighted by Gasteiger charge is 2.27.